The van der Waals surface area contributed by atoms with E-state index in [2.05, 4.69) is 10.8 Å². The first-order chi connectivity index (χ1) is 11.8. The molecule has 4 nitrogen and oxygen atoms in total. The largest absolute Gasteiger partial charge is 0.368 e. The highest BCUT2D eigenvalue weighted by Crippen LogP contribution is 2.32. The fourth-order valence-electron chi connectivity index (χ4n) is 2.15. The molecule has 2 aromatic rings. The maximum atomic E-state index is 12.0. The molecule has 25 heavy (non-hydrogen) atoms. The number of rotatable bonds is 6. The molecule has 2 rings (SSSR count). The minimum atomic E-state index is -1.73. The summed E-state index contributed by atoms with van der Waals surface area (Å²) < 4.78 is -1.73. The number of halogens is 3. The van der Waals surface area contributed by atoms with E-state index in [1.165, 1.54) is 0 Å². The summed E-state index contributed by atoms with van der Waals surface area (Å²) in [6.07, 6.45) is -0.804. The van der Waals surface area contributed by atoms with Crippen molar-refractivity contribution >= 4 is 46.5 Å². The molecule has 0 aliphatic carbocycles. The summed E-state index contributed by atoms with van der Waals surface area (Å²) in [6, 6.07) is 15.1. The second kappa shape index (κ2) is 8.77. The van der Waals surface area contributed by atoms with Crippen LogP contribution >= 0.6 is 34.8 Å². The van der Waals surface area contributed by atoms with E-state index in [1.54, 1.807) is 0 Å². The molecular formula is C18H19Cl3N2O2. The predicted molar refractivity (Wildman–Crippen MR) is 103 cm³/mol. The third kappa shape index (κ3) is 6.40. The van der Waals surface area contributed by atoms with E-state index in [9.17, 15) is 4.79 Å². The zero-order chi connectivity index (χ0) is 18.4. The molecule has 134 valence electrons. The number of benzene rings is 2. The number of carbonyl (C=O) groups excluding carboxylic acids is 1. The van der Waals surface area contributed by atoms with Crippen molar-refractivity contribution in [3.63, 3.8) is 0 Å². The highest BCUT2D eigenvalue weighted by molar-refractivity contribution is 6.68. The molecule has 0 bridgehead atoms. The molecule has 0 aliphatic heterocycles. The number of anilines is 1. The highest BCUT2D eigenvalue weighted by atomic mass is 35.6. The van der Waals surface area contributed by atoms with Crippen LogP contribution in [-0.2, 0) is 16.1 Å². The summed E-state index contributed by atoms with van der Waals surface area (Å²) in [6.45, 7) is 3.89. The van der Waals surface area contributed by atoms with Gasteiger partial charge in [0.1, 0.15) is 0 Å². The Labute approximate surface area is 162 Å². The molecule has 1 atom stereocenters. The number of aryl methyl sites for hydroxylation is 2. The van der Waals surface area contributed by atoms with Crippen LogP contribution in [0.4, 0.5) is 5.69 Å². The van der Waals surface area contributed by atoms with Gasteiger partial charge in [-0.2, -0.15) is 0 Å². The van der Waals surface area contributed by atoms with Crippen LogP contribution in [0.1, 0.15) is 16.7 Å². The van der Waals surface area contributed by atoms with Gasteiger partial charge in [-0.15, -0.1) is 5.48 Å². The van der Waals surface area contributed by atoms with Crippen molar-refractivity contribution in [1.82, 2.24) is 5.48 Å². The van der Waals surface area contributed by atoms with Gasteiger partial charge in [0.05, 0.1) is 6.42 Å². The standard InChI is InChI=1S/C18H19Cl3N2O2/c1-12-8-9-13(2)15(10-12)22-17(18(19,20)21)23-25-16(24)11-14-6-4-3-5-7-14/h3-10,17,22-23H,11H2,1-2H3. The molecule has 0 aromatic heterocycles. The van der Waals surface area contributed by atoms with Crippen LogP contribution in [0, 0.1) is 13.8 Å². The van der Waals surface area contributed by atoms with Crippen molar-refractivity contribution in [2.75, 3.05) is 5.32 Å². The molecule has 2 aromatic carbocycles. The lowest BCUT2D eigenvalue weighted by Gasteiger charge is -2.27. The second-order valence-corrected chi connectivity index (χ2v) is 8.06. The summed E-state index contributed by atoms with van der Waals surface area (Å²) in [5.41, 5.74) is 6.16. The zero-order valence-corrected chi connectivity index (χ0v) is 16.1. The minimum Gasteiger partial charge on any atom is -0.368 e. The average Bonchev–Trinajstić information content (AvgIpc) is 2.54. The molecule has 0 spiro atoms. The number of hydrogen-bond donors (Lipinski definition) is 2. The average molecular weight is 402 g/mol. The van der Waals surface area contributed by atoms with Crippen LogP contribution in [0.3, 0.4) is 0 Å². The maximum absolute atomic E-state index is 12.0. The summed E-state index contributed by atoms with van der Waals surface area (Å²) in [5.74, 6) is -0.479. The zero-order valence-electron chi connectivity index (χ0n) is 13.9. The van der Waals surface area contributed by atoms with E-state index in [0.717, 1.165) is 22.4 Å². The van der Waals surface area contributed by atoms with Gasteiger partial charge in [0.2, 0.25) is 3.79 Å². The van der Waals surface area contributed by atoms with Gasteiger partial charge in [-0.25, -0.2) is 0 Å². The molecule has 0 radical (unpaired) electrons. The molecule has 0 aliphatic rings. The van der Waals surface area contributed by atoms with Gasteiger partial charge >= 0.3 is 5.97 Å². The van der Waals surface area contributed by atoms with E-state index >= 15 is 0 Å². The van der Waals surface area contributed by atoms with Gasteiger partial charge in [0, 0.05) is 5.69 Å². The molecule has 1 unspecified atom stereocenters. The van der Waals surface area contributed by atoms with E-state index in [1.807, 2.05) is 62.4 Å². The van der Waals surface area contributed by atoms with Gasteiger partial charge in [-0.05, 0) is 36.6 Å². The molecule has 2 N–H and O–H groups in total. The monoisotopic (exact) mass is 400 g/mol. The lowest BCUT2D eigenvalue weighted by Crippen LogP contribution is -2.47. The molecule has 0 amide bonds. The van der Waals surface area contributed by atoms with Gasteiger partial charge in [-0.1, -0.05) is 77.3 Å². The van der Waals surface area contributed by atoms with Crippen molar-refractivity contribution in [2.24, 2.45) is 0 Å². The van der Waals surface area contributed by atoms with E-state index in [-0.39, 0.29) is 6.42 Å². The fourth-order valence-corrected chi connectivity index (χ4v) is 2.45. The van der Waals surface area contributed by atoms with Gasteiger partial charge in [0.15, 0.2) is 6.17 Å². The van der Waals surface area contributed by atoms with Crippen molar-refractivity contribution in [2.45, 2.75) is 30.2 Å². The van der Waals surface area contributed by atoms with Crippen LogP contribution in [0.5, 0.6) is 0 Å². The Balaban J connectivity index is 2.01. The summed E-state index contributed by atoms with van der Waals surface area (Å²) >= 11 is 18.0. The van der Waals surface area contributed by atoms with E-state index in [4.69, 9.17) is 39.6 Å². The number of carbonyl (C=O) groups is 1. The summed E-state index contributed by atoms with van der Waals surface area (Å²) in [5, 5.41) is 3.06. The highest BCUT2D eigenvalue weighted by Gasteiger charge is 2.34. The Hall–Kier alpha value is -1.46. The Morgan fingerprint density at radius 1 is 1.12 bits per heavy atom. The Morgan fingerprint density at radius 3 is 2.44 bits per heavy atom. The Bertz CT molecular complexity index is 718. The summed E-state index contributed by atoms with van der Waals surface area (Å²) in [7, 11) is 0. The van der Waals surface area contributed by atoms with Crippen LogP contribution in [0.25, 0.3) is 0 Å². The predicted octanol–water partition coefficient (Wildman–Crippen LogP) is 4.70. The summed E-state index contributed by atoms with van der Waals surface area (Å²) in [4.78, 5) is 17.0. The first-order valence-corrected chi connectivity index (χ1v) is 8.79. The normalized spacial score (nSPS) is 12.5. The first kappa shape index (κ1) is 19.9. The molecule has 0 heterocycles. The Kier molecular flexibility index (Phi) is 6.96. The lowest BCUT2D eigenvalue weighted by molar-refractivity contribution is -0.151. The first-order valence-electron chi connectivity index (χ1n) is 7.65. The number of nitrogens with one attached hydrogen (secondary N) is 2. The third-order valence-corrected chi connectivity index (χ3v) is 4.16. The molecule has 0 saturated carbocycles. The van der Waals surface area contributed by atoms with Crippen LogP contribution in [0.2, 0.25) is 0 Å². The van der Waals surface area contributed by atoms with Crippen LogP contribution in [-0.4, -0.2) is 15.9 Å². The van der Waals surface area contributed by atoms with Crippen LogP contribution < -0.4 is 10.8 Å². The van der Waals surface area contributed by atoms with Crippen molar-refractivity contribution in [1.29, 1.82) is 0 Å². The fraction of sp³-hybridized carbons (Fsp3) is 0.278. The van der Waals surface area contributed by atoms with Gasteiger partial charge < -0.3 is 10.2 Å². The number of alkyl halides is 3. The molecule has 7 heteroatoms. The SMILES string of the molecule is Cc1ccc(C)c(NC(NOC(=O)Cc2ccccc2)C(Cl)(Cl)Cl)c1. The molecule has 0 saturated heterocycles. The van der Waals surface area contributed by atoms with E-state index < -0.39 is 15.9 Å². The minimum absolute atomic E-state index is 0.115. The van der Waals surface area contributed by atoms with E-state index in [0.29, 0.717) is 0 Å². The van der Waals surface area contributed by atoms with Crippen molar-refractivity contribution in [3.05, 3.63) is 65.2 Å². The van der Waals surface area contributed by atoms with Crippen LogP contribution in [0.15, 0.2) is 48.5 Å². The van der Waals surface area contributed by atoms with Crippen molar-refractivity contribution in [3.8, 4) is 0 Å². The third-order valence-electron chi connectivity index (χ3n) is 3.50. The number of hydrogen-bond acceptors (Lipinski definition) is 4. The second-order valence-electron chi connectivity index (χ2n) is 5.69. The Morgan fingerprint density at radius 2 is 1.80 bits per heavy atom. The maximum Gasteiger partial charge on any atom is 0.329 e. The number of hydroxylamine groups is 1. The molecule has 0 fully saturated rings. The van der Waals surface area contributed by atoms with Gasteiger partial charge in [0.25, 0.3) is 0 Å². The molecular weight excluding hydrogens is 383 g/mol. The van der Waals surface area contributed by atoms with Crippen molar-refractivity contribution < 1.29 is 9.63 Å². The quantitative estimate of drug-likeness (QED) is 0.418. The lowest BCUT2D eigenvalue weighted by atomic mass is 10.1. The topological polar surface area (TPSA) is 50.4 Å². The van der Waals surface area contributed by atoms with Gasteiger partial charge in [-0.3, -0.25) is 4.79 Å². The smallest absolute Gasteiger partial charge is 0.329 e.